The summed E-state index contributed by atoms with van der Waals surface area (Å²) in [6.07, 6.45) is 0. The first-order valence-electron chi connectivity index (χ1n) is 5.42. The fraction of sp³-hybridized carbons (Fsp3) is 0.462. The van der Waals surface area contributed by atoms with Crippen molar-refractivity contribution in [3.8, 4) is 5.75 Å². The highest BCUT2D eigenvalue weighted by atomic mass is 16.5. The predicted octanol–water partition coefficient (Wildman–Crippen LogP) is 2.69. The number of anilines is 1. The maximum atomic E-state index is 11.6. The molecule has 17 heavy (non-hydrogen) atoms. The van der Waals surface area contributed by atoms with Gasteiger partial charge in [0.05, 0.1) is 14.2 Å². The van der Waals surface area contributed by atoms with Crippen molar-refractivity contribution in [2.75, 3.05) is 19.5 Å². The molecule has 0 aliphatic heterocycles. The topological polar surface area (TPSA) is 47.6 Å². The third kappa shape index (κ3) is 3.66. The lowest BCUT2D eigenvalue weighted by Gasteiger charge is -2.22. The fourth-order valence-corrected chi connectivity index (χ4v) is 1.49. The Morgan fingerprint density at radius 1 is 1.24 bits per heavy atom. The number of benzene rings is 1. The van der Waals surface area contributed by atoms with Crippen LogP contribution >= 0.6 is 0 Å². The van der Waals surface area contributed by atoms with E-state index in [0.29, 0.717) is 11.3 Å². The van der Waals surface area contributed by atoms with Gasteiger partial charge in [0.25, 0.3) is 0 Å². The Hall–Kier alpha value is -1.71. The maximum absolute atomic E-state index is 11.6. The minimum atomic E-state index is -0.403. The van der Waals surface area contributed by atoms with Crippen molar-refractivity contribution in [3.63, 3.8) is 0 Å². The number of carbonyl (C=O) groups is 1. The molecule has 94 valence electrons. The lowest BCUT2D eigenvalue weighted by atomic mass is 10.1. The first kappa shape index (κ1) is 13.4. The van der Waals surface area contributed by atoms with Crippen molar-refractivity contribution >= 4 is 11.7 Å². The van der Waals surface area contributed by atoms with Gasteiger partial charge in [-0.2, -0.15) is 0 Å². The fourth-order valence-electron chi connectivity index (χ4n) is 1.49. The summed E-state index contributed by atoms with van der Waals surface area (Å²) in [7, 11) is 2.88. The number of nitrogens with one attached hydrogen (secondary N) is 1. The Balaban J connectivity index is 3.09. The molecule has 1 N–H and O–H groups in total. The van der Waals surface area contributed by atoms with Crippen LogP contribution in [0.4, 0.5) is 5.69 Å². The van der Waals surface area contributed by atoms with Gasteiger partial charge < -0.3 is 14.8 Å². The van der Waals surface area contributed by atoms with E-state index in [0.717, 1.165) is 5.69 Å². The van der Waals surface area contributed by atoms with Crippen molar-refractivity contribution < 1.29 is 14.3 Å². The van der Waals surface area contributed by atoms with Crippen LogP contribution in [0.2, 0.25) is 0 Å². The molecule has 0 aliphatic carbocycles. The van der Waals surface area contributed by atoms with Crippen LogP contribution in [0.5, 0.6) is 5.75 Å². The molecule has 0 aliphatic rings. The van der Waals surface area contributed by atoms with E-state index in [4.69, 9.17) is 9.47 Å². The molecule has 0 radical (unpaired) electrons. The van der Waals surface area contributed by atoms with Crippen molar-refractivity contribution in [2.45, 2.75) is 26.3 Å². The highest BCUT2D eigenvalue weighted by molar-refractivity contribution is 5.93. The van der Waals surface area contributed by atoms with E-state index < -0.39 is 5.97 Å². The molecule has 0 spiro atoms. The van der Waals surface area contributed by atoms with E-state index in [2.05, 4.69) is 26.1 Å². The second-order valence-corrected chi connectivity index (χ2v) is 4.78. The molecule has 4 heteroatoms. The third-order valence-electron chi connectivity index (χ3n) is 2.12. The van der Waals surface area contributed by atoms with Crippen molar-refractivity contribution in [2.24, 2.45) is 0 Å². The Morgan fingerprint density at radius 3 is 2.35 bits per heavy atom. The van der Waals surface area contributed by atoms with E-state index in [1.807, 2.05) is 6.07 Å². The molecule has 0 heterocycles. The van der Waals surface area contributed by atoms with E-state index in [9.17, 15) is 4.79 Å². The number of methoxy groups -OCH3 is 2. The average molecular weight is 237 g/mol. The molecular weight excluding hydrogens is 218 g/mol. The Morgan fingerprint density at radius 2 is 1.88 bits per heavy atom. The summed E-state index contributed by atoms with van der Waals surface area (Å²) < 4.78 is 9.84. The molecule has 1 aromatic carbocycles. The predicted molar refractivity (Wildman–Crippen MR) is 67.7 cm³/mol. The first-order chi connectivity index (χ1) is 7.87. The summed E-state index contributed by atoms with van der Waals surface area (Å²) in [5.41, 5.74) is 1.21. The molecule has 0 saturated carbocycles. The Bertz CT molecular complexity index is 408. The largest absolute Gasteiger partial charge is 0.496 e. The number of hydrogen-bond donors (Lipinski definition) is 1. The average Bonchev–Trinajstić information content (AvgIpc) is 2.25. The molecule has 1 rings (SSSR count). The summed E-state index contributed by atoms with van der Waals surface area (Å²) in [5, 5.41) is 3.29. The van der Waals surface area contributed by atoms with Crippen LogP contribution in [0.15, 0.2) is 18.2 Å². The molecule has 0 saturated heterocycles. The maximum Gasteiger partial charge on any atom is 0.341 e. The van der Waals surface area contributed by atoms with E-state index in [1.165, 1.54) is 14.2 Å². The number of ether oxygens (including phenoxy) is 2. The molecule has 0 aromatic heterocycles. The second kappa shape index (κ2) is 5.08. The zero-order valence-corrected chi connectivity index (χ0v) is 11.0. The lowest BCUT2D eigenvalue weighted by Crippen LogP contribution is -2.26. The van der Waals surface area contributed by atoms with Crippen molar-refractivity contribution in [1.82, 2.24) is 0 Å². The Labute approximate surface area is 102 Å². The highest BCUT2D eigenvalue weighted by Crippen LogP contribution is 2.25. The first-order valence-corrected chi connectivity index (χ1v) is 5.42. The van der Waals surface area contributed by atoms with Crippen LogP contribution in [-0.2, 0) is 4.74 Å². The van der Waals surface area contributed by atoms with Crippen LogP contribution in [0.1, 0.15) is 31.1 Å². The third-order valence-corrected chi connectivity index (χ3v) is 2.12. The van der Waals surface area contributed by atoms with Gasteiger partial charge in [-0.05, 0) is 39.0 Å². The van der Waals surface area contributed by atoms with Crippen LogP contribution in [-0.4, -0.2) is 25.7 Å². The summed E-state index contributed by atoms with van der Waals surface area (Å²) in [4.78, 5) is 11.6. The van der Waals surface area contributed by atoms with Gasteiger partial charge in [-0.15, -0.1) is 0 Å². The lowest BCUT2D eigenvalue weighted by molar-refractivity contribution is 0.0597. The zero-order valence-electron chi connectivity index (χ0n) is 11.0. The van der Waals surface area contributed by atoms with Crippen molar-refractivity contribution in [1.29, 1.82) is 0 Å². The van der Waals surface area contributed by atoms with Crippen molar-refractivity contribution in [3.05, 3.63) is 23.8 Å². The van der Waals surface area contributed by atoms with E-state index >= 15 is 0 Å². The minimum absolute atomic E-state index is 0.0675. The van der Waals surface area contributed by atoms with E-state index in [1.54, 1.807) is 12.1 Å². The van der Waals surface area contributed by atoms with E-state index in [-0.39, 0.29) is 5.54 Å². The number of esters is 1. The molecule has 0 amide bonds. The molecule has 0 unspecified atom stereocenters. The Kier molecular flexibility index (Phi) is 3.99. The van der Waals surface area contributed by atoms with Crippen LogP contribution in [0.25, 0.3) is 0 Å². The minimum Gasteiger partial charge on any atom is -0.496 e. The molecule has 1 aromatic rings. The normalized spacial score (nSPS) is 10.9. The van der Waals surface area contributed by atoms with Gasteiger partial charge in [0.1, 0.15) is 11.3 Å². The smallest absolute Gasteiger partial charge is 0.341 e. The van der Waals surface area contributed by atoms with Crippen LogP contribution < -0.4 is 10.1 Å². The van der Waals surface area contributed by atoms with Crippen LogP contribution in [0, 0.1) is 0 Å². The van der Waals surface area contributed by atoms with Gasteiger partial charge in [-0.25, -0.2) is 4.79 Å². The number of rotatable bonds is 3. The molecule has 0 bridgehead atoms. The summed E-state index contributed by atoms with van der Waals surface area (Å²) in [5.74, 6) is 0.107. The SMILES string of the molecule is COC(=O)c1cc(NC(C)(C)C)ccc1OC. The van der Waals surface area contributed by atoms with Crippen LogP contribution in [0.3, 0.4) is 0 Å². The standard InChI is InChI=1S/C13H19NO3/c1-13(2,3)14-9-6-7-11(16-4)10(8-9)12(15)17-5/h6-8,14H,1-5H3. The molecular formula is C13H19NO3. The summed E-state index contributed by atoms with van der Waals surface area (Å²) >= 11 is 0. The summed E-state index contributed by atoms with van der Waals surface area (Å²) in [6, 6.07) is 5.35. The number of carbonyl (C=O) groups excluding carboxylic acids is 1. The summed E-state index contributed by atoms with van der Waals surface area (Å²) in [6.45, 7) is 6.15. The quantitative estimate of drug-likeness (QED) is 0.821. The van der Waals surface area contributed by atoms with Gasteiger partial charge in [-0.3, -0.25) is 0 Å². The monoisotopic (exact) mass is 237 g/mol. The van der Waals surface area contributed by atoms with Gasteiger partial charge >= 0.3 is 5.97 Å². The second-order valence-electron chi connectivity index (χ2n) is 4.78. The molecule has 0 atom stereocenters. The zero-order chi connectivity index (χ0) is 13.1. The highest BCUT2D eigenvalue weighted by Gasteiger charge is 2.15. The van der Waals surface area contributed by atoms with Gasteiger partial charge in [0, 0.05) is 11.2 Å². The molecule has 4 nitrogen and oxygen atoms in total. The number of hydrogen-bond acceptors (Lipinski definition) is 4. The van der Waals surface area contributed by atoms with Gasteiger partial charge in [0.2, 0.25) is 0 Å². The molecule has 0 fully saturated rings. The van der Waals surface area contributed by atoms with Gasteiger partial charge in [0.15, 0.2) is 0 Å². The van der Waals surface area contributed by atoms with Gasteiger partial charge in [-0.1, -0.05) is 0 Å².